The molecule has 0 bridgehead atoms. The highest BCUT2D eigenvalue weighted by molar-refractivity contribution is 6.06. The van der Waals surface area contributed by atoms with E-state index in [1.54, 1.807) is 24.8 Å². The van der Waals surface area contributed by atoms with Crippen molar-refractivity contribution in [2.75, 3.05) is 19.8 Å². The first kappa shape index (κ1) is 15.4. The summed E-state index contributed by atoms with van der Waals surface area (Å²) in [6.07, 6.45) is -0.151. The van der Waals surface area contributed by atoms with Gasteiger partial charge in [0.05, 0.1) is 42.3 Å². The molecular formula is C15H17N3O5. The molecule has 0 spiro atoms. The van der Waals surface area contributed by atoms with Crippen molar-refractivity contribution in [1.82, 2.24) is 15.0 Å². The van der Waals surface area contributed by atoms with E-state index in [2.05, 4.69) is 10.1 Å². The fourth-order valence-electron chi connectivity index (χ4n) is 2.83. The molecule has 3 rings (SSSR count). The van der Waals surface area contributed by atoms with E-state index < -0.39 is 12.0 Å². The maximum absolute atomic E-state index is 13.0. The molecule has 0 aliphatic carbocycles. The number of aryl methyl sites for hydroxylation is 2. The van der Waals surface area contributed by atoms with Gasteiger partial charge in [0.1, 0.15) is 0 Å². The lowest BCUT2D eigenvalue weighted by Crippen LogP contribution is -2.49. The molecule has 1 aliphatic heterocycles. The van der Waals surface area contributed by atoms with E-state index in [0.717, 1.165) is 0 Å². The van der Waals surface area contributed by atoms with E-state index in [1.807, 2.05) is 0 Å². The predicted molar refractivity (Wildman–Crippen MR) is 79.2 cm³/mol. The largest absolute Gasteiger partial charge is 0.481 e. The fraction of sp³-hybridized carbons (Fsp3) is 0.467. The molecule has 1 amide bonds. The SMILES string of the molecule is Cc1cc(C(=O)N2CCOCC2CC(=O)O)c2c(C)noc2n1. The zero-order valence-electron chi connectivity index (χ0n) is 12.9. The van der Waals surface area contributed by atoms with Crippen LogP contribution in [0.3, 0.4) is 0 Å². The van der Waals surface area contributed by atoms with Gasteiger partial charge in [0.15, 0.2) is 0 Å². The van der Waals surface area contributed by atoms with Gasteiger partial charge in [-0.3, -0.25) is 9.59 Å². The van der Waals surface area contributed by atoms with Crippen LogP contribution < -0.4 is 0 Å². The van der Waals surface area contributed by atoms with Crippen LogP contribution in [0.5, 0.6) is 0 Å². The third kappa shape index (κ3) is 2.89. The first-order valence-electron chi connectivity index (χ1n) is 7.31. The van der Waals surface area contributed by atoms with E-state index in [1.165, 1.54) is 0 Å². The summed E-state index contributed by atoms with van der Waals surface area (Å²) in [5.41, 5.74) is 1.97. The van der Waals surface area contributed by atoms with Crippen molar-refractivity contribution >= 4 is 23.0 Å². The second-order valence-corrected chi connectivity index (χ2v) is 5.58. The molecular weight excluding hydrogens is 302 g/mol. The molecule has 1 atom stereocenters. The highest BCUT2D eigenvalue weighted by atomic mass is 16.5. The number of fused-ring (bicyclic) bond motifs is 1. The zero-order valence-corrected chi connectivity index (χ0v) is 12.9. The first-order valence-corrected chi connectivity index (χ1v) is 7.31. The summed E-state index contributed by atoms with van der Waals surface area (Å²) >= 11 is 0. The van der Waals surface area contributed by atoms with Gasteiger partial charge in [-0.15, -0.1) is 0 Å². The highest BCUT2D eigenvalue weighted by Gasteiger charge is 2.31. The minimum atomic E-state index is -0.962. The molecule has 1 fully saturated rings. The number of morpholine rings is 1. The Morgan fingerprint density at radius 1 is 1.43 bits per heavy atom. The molecule has 3 heterocycles. The van der Waals surface area contributed by atoms with Crippen LogP contribution in [0.15, 0.2) is 10.6 Å². The number of amides is 1. The van der Waals surface area contributed by atoms with Gasteiger partial charge in [0, 0.05) is 12.2 Å². The number of hydrogen-bond donors (Lipinski definition) is 1. The highest BCUT2D eigenvalue weighted by Crippen LogP contribution is 2.25. The smallest absolute Gasteiger partial charge is 0.305 e. The van der Waals surface area contributed by atoms with Gasteiger partial charge in [-0.25, -0.2) is 4.98 Å². The van der Waals surface area contributed by atoms with Gasteiger partial charge < -0.3 is 19.3 Å². The second-order valence-electron chi connectivity index (χ2n) is 5.58. The zero-order chi connectivity index (χ0) is 16.6. The third-order valence-corrected chi connectivity index (χ3v) is 3.87. The van der Waals surface area contributed by atoms with Crippen LogP contribution >= 0.6 is 0 Å². The quantitative estimate of drug-likeness (QED) is 0.904. The van der Waals surface area contributed by atoms with Crippen LogP contribution in [0, 0.1) is 13.8 Å². The Balaban J connectivity index is 2.01. The Kier molecular flexibility index (Phi) is 3.99. The van der Waals surface area contributed by atoms with E-state index in [9.17, 15) is 9.59 Å². The van der Waals surface area contributed by atoms with E-state index in [0.29, 0.717) is 41.2 Å². The minimum absolute atomic E-state index is 0.151. The Bertz CT molecular complexity index is 770. The van der Waals surface area contributed by atoms with Crippen molar-refractivity contribution in [3.05, 3.63) is 23.0 Å². The molecule has 1 unspecified atom stereocenters. The summed E-state index contributed by atoms with van der Waals surface area (Å²) in [5, 5.41) is 13.5. The number of rotatable bonds is 3. The maximum atomic E-state index is 13.0. The number of pyridine rings is 1. The molecule has 8 nitrogen and oxygen atoms in total. The van der Waals surface area contributed by atoms with Crippen LogP contribution in [0.4, 0.5) is 0 Å². The number of carboxylic acids is 1. The molecule has 23 heavy (non-hydrogen) atoms. The number of aliphatic carboxylic acids is 1. The minimum Gasteiger partial charge on any atom is -0.481 e. The van der Waals surface area contributed by atoms with Gasteiger partial charge >= 0.3 is 5.97 Å². The van der Waals surface area contributed by atoms with Crippen LogP contribution in [-0.4, -0.2) is 57.8 Å². The normalized spacial score (nSPS) is 18.3. The molecule has 0 aromatic carbocycles. The van der Waals surface area contributed by atoms with E-state index in [-0.39, 0.29) is 18.9 Å². The van der Waals surface area contributed by atoms with Gasteiger partial charge in [-0.1, -0.05) is 5.16 Å². The molecule has 2 aromatic heterocycles. The fourth-order valence-corrected chi connectivity index (χ4v) is 2.83. The van der Waals surface area contributed by atoms with Crippen molar-refractivity contribution < 1.29 is 24.0 Å². The molecule has 2 aromatic rings. The number of carboxylic acid groups (broad SMARTS) is 1. The van der Waals surface area contributed by atoms with Crippen molar-refractivity contribution in [3.8, 4) is 0 Å². The topological polar surface area (TPSA) is 106 Å². The summed E-state index contributed by atoms with van der Waals surface area (Å²) < 4.78 is 10.5. The Hall–Kier alpha value is -2.48. The van der Waals surface area contributed by atoms with Crippen LogP contribution in [0.25, 0.3) is 11.1 Å². The molecule has 1 aliphatic rings. The summed E-state index contributed by atoms with van der Waals surface area (Å²) in [6, 6.07) is 1.19. The molecule has 122 valence electrons. The maximum Gasteiger partial charge on any atom is 0.305 e. The van der Waals surface area contributed by atoms with Gasteiger partial charge in [0.2, 0.25) is 0 Å². The second kappa shape index (κ2) is 5.96. The molecule has 0 saturated carbocycles. The van der Waals surface area contributed by atoms with Crippen LogP contribution in [-0.2, 0) is 9.53 Å². The Morgan fingerprint density at radius 2 is 2.22 bits per heavy atom. The number of nitrogens with zero attached hydrogens (tertiary/aromatic N) is 3. The summed E-state index contributed by atoms with van der Waals surface area (Å²) in [7, 11) is 0. The van der Waals surface area contributed by atoms with Crippen molar-refractivity contribution in [2.45, 2.75) is 26.3 Å². The van der Waals surface area contributed by atoms with Crippen molar-refractivity contribution in [1.29, 1.82) is 0 Å². The number of aromatic nitrogens is 2. The van der Waals surface area contributed by atoms with Crippen molar-refractivity contribution in [2.24, 2.45) is 0 Å². The average molecular weight is 319 g/mol. The van der Waals surface area contributed by atoms with Crippen LogP contribution in [0.2, 0.25) is 0 Å². The standard InChI is InChI=1S/C15H17N3O5/c1-8-5-11(13-9(2)17-23-14(13)16-8)15(21)18-3-4-22-7-10(18)6-12(19)20/h5,10H,3-4,6-7H2,1-2H3,(H,19,20). The third-order valence-electron chi connectivity index (χ3n) is 3.87. The molecule has 1 N–H and O–H groups in total. The summed E-state index contributed by atoms with van der Waals surface area (Å²) in [6.45, 7) is 4.46. The lowest BCUT2D eigenvalue weighted by Gasteiger charge is -2.35. The van der Waals surface area contributed by atoms with Gasteiger partial charge in [-0.05, 0) is 19.9 Å². The van der Waals surface area contributed by atoms with Gasteiger partial charge in [-0.2, -0.15) is 0 Å². The number of carbonyl (C=O) groups excluding carboxylic acids is 1. The lowest BCUT2D eigenvalue weighted by atomic mass is 10.1. The summed E-state index contributed by atoms with van der Waals surface area (Å²) in [5.74, 6) is -1.21. The predicted octanol–water partition coefficient (Wildman–Crippen LogP) is 1.16. The average Bonchev–Trinajstić information content (AvgIpc) is 2.87. The monoisotopic (exact) mass is 319 g/mol. The molecule has 1 saturated heterocycles. The Morgan fingerprint density at radius 3 is 2.96 bits per heavy atom. The van der Waals surface area contributed by atoms with E-state index in [4.69, 9.17) is 14.4 Å². The Labute approximate surface area is 132 Å². The summed E-state index contributed by atoms with van der Waals surface area (Å²) in [4.78, 5) is 29.8. The van der Waals surface area contributed by atoms with Crippen LogP contribution in [0.1, 0.15) is 28.2 Å². The molecule has 0 radical (unpaired) electrons. The number of ether oxygens (including phenoxy) is 1. The number of carbonyl (C=O) groups is 2. The lowest BCUT2D eigenvalue weighted by molar-refractivity contribution is -0.139. The van der Waals surface area contributed by atoms with E-state index >= 15 is 0 Å². The van der Waals surface area contributed by atoms with Gasteiger partial charge in [0.25, 0.3) is 11.6 Å². The molecule has 8 heteroatoms. The number of hydrogen-bond acceptors (Lipinski definition) is 6. The van der Waals surface area contributed by atoms with Crippen molar-refractivity contribution in [3.63, 3.8) is 0 Å². The first-order chi connectivity index (χ1) is 11.0.